The summed E-state index contributed by atoms with van der Waals surface area (Å²) in [7, 11) is 0. The standard InChI is InChI=1S/C18H30N4O/c19-15-18(8-3-1-2-4-9-18)20-17(23)14-21-10-5-11-22(13-12-21)16-6-7-16/h16H,1-14H2,(H,20,23). The van der Waals surface area contributed by atoms with Gasteiger partial charge in [0.25, 0.3) is 0 Å². The highest BCUT2D eigenvalue weighted by Gasteiger charge is 2.33. The quantitative estimate of drug-likeness (QED) is 0.804. The number of rotatable bonds is 4. The Labute approximate surface area is 140 Å². The van der Waals surface area contributed by atoms with Crippen LogP contribution in [0.1, 0.15) is 57.8 Å². The normalized spacial score (nSPS) is 26.7. The maximum absolute atomic E-state index is 12.5. The fourth-order valence-corrected chi connectivity index (χ4v) is 4.06. The van der Waals surface area contributed by atoms with Crippen LogP contribution in [-0.2, 0) is 4.79 Å². The monoisotopic (exact) mass is 318 g/mol. The van der Waals surface area contributed by atoms with E-state index in [4.69, 9.17) is 0 Å². The summed E-state index contributed by atoms with van der Waals surface area (Å²) in [6.07, 6.45) is 9.94. The number of carbonyl (C=O) groups is 1. The minimum absolute atomic E-state index is 0.0355. The number of amides is 1. The van der Waals surface area contributed by atoms with Gasteiger partial charge in [0.15, 0.2) is 0 Å². The van der Waals surface area contributed by atoms with Gasteiger partial charge in [-0.1, -0.05) is 25.7 Å². The summed E-state index contributed by atoms with van der Waals surface area (Å²) in [6, 6.07) is 3.23. The Hall–Kier alpha value is -1.12. The van der Waals surface area contributed by atoms with Crippen molar-refractivity contribution in [3.05, 3.63) is 0 Å². The van der Waals surface area contributed by atoms with Crippen LogP contribution in [0.25, 0.3) is 0 Å². The topological polar surface area (TPSA) is 59.4 Å². The molecule has 5 heteroatoms. The Bertz CT molecular complexity index is 446. The fourth-order valence-electron chi connectivity index (χ4n) is 4.06. The van der Waals surface area contributed by atoms with Gasteiger partial charge in [-0.3, -0.25) is 14.6 Å². The van der Waals surface area contributed by atoms with Gasteiger partial charge in [0.2, 0.25) is 5.91 Å². The van der Waals surface area contributed by atoms with Gasteiger partial charge in [-0.25, -0.2) is 0 Å². The van der Waals surface area contributed by atoms with Crippen LogP contribution in [0.3, 0.4) is 0 Å². The van der Waals surface area contributed by atoms with Crippen molar-refractivity contribution in [1.82, 2.24) is 15.1 Å². The summed E-state index contributed by atoms with van der Waals surface area (Å²) >= 11 is 0. The molecule has 2 saturated carbocycles. The van der Waals surface area contributed by atoms with Crippen molar-refractivity contribution in [3.63, 3.8) is 0 Å². The number of hydrogen-bond donors (Lipinski definition) is 1. The summed E-state index contributed by atoms with van der Waals surface area (Å²) in [5.74, 6) is 0.0355. The van der Waals surface area contributed by atoms with Gasteiger partial charge in [0, 0.05) is 19.1 Å². The molecule has 1 N–H and O–H groups in total. The Morgan fingerprint density at radius 1 is 1.04 bits per heavy atom. The molecule has 23 heavy (non-hydrogen) atoms. The van der Waals surface area contributed by atoms with Crippen LogP contribution in [0.5, 0.6) is 0 Å². The zero-order valence-corrected chi connectivity index (χ0v) is 14.2. The lowest BCUT2D eigenvalue weighted by atomic mass is 9.92. The fraction of sp³-hybridized carbons (Fsp3) is 0.889. The van der Waals surface area contributed by atoms with Gasteiger partial charge in [0.1, 0.15) is 5.54 Å². The van der Waals surface area contributed by atoms with Crippen LogP contribution in [0.4, 0.5) is 0 Å². The number of carbonyl (C=O) groups excluding carboxylic acids is 1. The molecule has 1 aliphatic heterocycles. The average molecular weight is 318 g/mol. The molecule has 0 atom stereocenters. The second-order valence-corrected chi connectivity index (χ2v) is 7.55. The maximum Gasteiger partial charge on any atom is 0.235 e. The number of nitrogens with one attached hydrogen (secondary N) is 1. The Morgan fingerprint density at radius 3 is 2.43 bits per heavy atom. The molecule has 0 aromatic rings. The van der Waals surface area contributed by atoms with E-state index in [0.717, 1.165) is 57.8 Å². The van der Waals surface area contributed by atoms with Crippen LogP contribution in [0.15, 0.2) is 0 Å². The predicted octanol–water partition coefficient (Wildman–Crippen LogP) is 1.89. The van der Waals surface area contributed by atoms with Gasteiger partial charge >= 0.3 is 0 Å². The molecule has 1 heterocycles. The lowest BCUT2D eigenvalue weighted by Gasteiger charge is -2.28. The first kappa shape index (κ1) is 16.7. The summed E-state index contributed by atoms with van der Waals surface area (Å²) in [6.45, 7) is 4.67. The minimum atomic E-state index is -0.612. The maximum atomic E-state index is 12.5. The van der Waals surface area contributed by atoms with Crippen LogP contribution >= 0.6 is 0 Å². The van der Waals surface area contributed by atoms with E-state index in [0.29, 0.717) is 6.54 Å². The Kier molecular flexibility index (Phi) is 5.55. The van der Waals surface area contributed by atoms with E-state index < -0.39 is 5.54 Å². The molecule has 1 saturated heterocycles. The Morgan fingerprint density at radius 2 is 1.78 bits per heavy atom. The first-order valence-electron chi connectivity index (χ1n) is 9.39. The molecule has 5 nitrogen and oxygen atoms in total. The van der Waals surface area contributed by atoms with E-state index >= 15 is 0 Å². The smallest absolute Gasteiger partial charge is 0.235 e. The third kappa shape index (κ3) is 4.68. The highest BCUT2D eigenvalue weighted by atomic mass is 16.2. The van der Waals surface area contributed by atoms with E-state index in [1.54, 1.807) is 0 Å². The highest BCUT2D eigenvalue weighted by molar-refractivity contribution is 5.79. The second kappa shape index (κ2) is 7.63. The number of nitrogens with zero attached hydrogens (tertiary/aromatic N) is 3. The Balaban J connectivity index is 1.48. The SMILES string of the molecule is N#CC1(NC(=O)CN2CCCN(C3CC3)CC2)CCCCCC1. The van der Waals surface area contributed by atoms with Crippen LogP contribution in [-0.4, -0.2) is 60.0 Å². The van der Waals surface area contributed by atoms with E-state index in [2.05, 4.69) is 21.2 Å². The molecule has 0 unspecified atom stereocenters. The molecule has 3 aliphatic rings. The molecule has 0 aromatic heterocycles. The predicted molar refractivity (Wildman–Crippen MR) is 89.8 cm³/mol. The highest BCUT2D eigenvalue weighted by Crippen LogP contribution is 2.28. The molecule has 0 aromatic carbocycles. The molecule has 2 aliphatic carbocycles. The molecule has 3 fully saturated rings. The van der Waals surface area contributed by atoms with E-state index in [1.165, 1.54) is 32.2 Å². The molecule has 128 valence electrons. The summed E-state index contributed by atoms with van der Waals surface area (Å²) in [5.41, 5.74) is -0.612. The largest absolute Gasteiger partial charge is 0.337 e. The first-order chi connectivity index (χ1) is 11.2. The van der Waals surface area contributed by atoms with Crippen LogP contribution in [0.2, 0.25) is 0 Å². The van der Waals surface area contributed by atoms with Gasteiger partial charge < -0.3 is 5.32 Å². The van der Waals surface area contributed by atoms with Crippen molar-refractivity contribution in [2.45, 2.75) is 69.4 Å². The molecule has 0 bridgehead atoms. The van der Waals surface area contributed by atoms with Crippen molar-refractivity contribution in [2.24, 2.45) is 0 Å². The average Bonchev–Trinajstić information content (AvgIpc) is 3.37. The lowest BCUT2D eigenvalue weighted by molar-refractivity contribution is -0.123. The van der Waals surface area contributed by atoms with Crippen molar-refractivity contribution < 1.29 is 4.79 Å². The molecular formula is C18H30N4O. The molecule has 0 spiro atoms. The number of nitriles is 1. The zero-order valence-electron chi connectivity index (χ0n) is 14.2. The number of hydrogen-bond acceptors (Lipinski definition) is 4. The van der Waals surface area contributed by atoms with Gasteiger partial charge in [0.05, 0.1) is 12.6 Å². The van der Waals surface area contributed by atoms with E-state index in [1.807, 2.05) is 0 Å². The summed E-state index contributed by atoms with van der Waals surface area (Å²) in [4.78, 5) is 17.3. The van der Waals surface area contributed by atoms with Crippen LogP contribution < -0.4 is 5.32 Å². The lowest BCUT2D eigenvalue weighted by Crippen LogP contribution is -2.50. The molecule has 0 radical (unpaired) electrons. The zero-order chi connectivity index (χ0) is 16.1. The van der Waals surface area contributed by atoms with Gasteiger partial charge in [-0.15, -0.1) is 0 Å². The van der Waals surface area contributed by atoms with E-state index in [9.17, 15) is 10.1 Å². The summed E-state index contributed by atoms with van der Waals surface area (Å²) < 4.78 is 0. The van der Waals surface area contributed by atoms with Crippen molar-refractivity contribution in [3.8, 4) is 6.07 Å². The van der Waals surface area contributed by atoms with Crippen molar-refractivity contribution >= 4 is 5.91 Å². The third-order valence-corrected chi connectivity index (χ3v) is 5.60. The van der Waals surface area contributed by atoms with Crippen LogP contribution in [0, 0.1) is 11.3 Å². The molecule has 1 amide bonds. The third-order valence-electron chi connectivity index (χ3n) is 5.60. The first-order valence-corrected chi connectivity index (χ1v) is 9.39. The van der Waals surface area contributed by atoms with E-state index in [-0.39, 0.29) is 5.91 Å². The molecular weight excluding hydrogens is 288 g/mol. The summed E-state index contributed by atoms with van der Waals surface area (Å²) in [5, 5.41) is 12.7. The van der Waals surface area contributed by atoms with Gasteiger partial charge in [-0.2, -0.15) is 5.26 Å². The van der Waals surface area contributed by atoms with Crippen molar-refractivity contribution in [2.75, 3.05) is 32.7 Å². The molecule has 3 rings (SSSR count). The minimum Gasteiger partial charge on any atom is -0.337 e. The second-order valence-electron chi connectivity index (χ2n) is 7.55. The van der Waals surface area contributed by atoms with Gasteiger partial charge in [-0.05, 0) is 45.2 Å². The van der Waals surface area contributed by atoms with Crippen molar-refractivity contribution in [1.29, 1.82) is 5.26 Å².